The Hall–Kier alpha value is -2.60. The molecule has 2 aromatic rings. The molecule has 0 atom stereocenters. The summed E-state index contributed by atoms with van der Waals surface area (Å²) in [6, 6.07) is 10.6. The quantitative estimate of drug-likeness (QED) is 0.365. The van der Waals surface area contributed by atoms with Crippen LogP contribution in [0.2, 0.25) is 5.02 Å². The van der Waals surface area contributed by atoms with Gasteiger partial charge in [-0.2, -0.15) is 0 Å². The summed E-state index contributed by atoms with van der Waals surface area (Å²) in [5.41, 5.74) is 0.560. The third-order valence-electron chi connectivity index (χ3n) is 2.82. The van der Waals surface area contributed by atoms with E-state index in [9.17, 15) is 14.9 Å². The molecule has 0 unspecified atom stereocenters. The van der Waals surface area contributed by atoms with Crippen LogP contribution >= 0.6 is 11.6 Å². The van der Waals surface area contributed by atoms with E-state index < -0.39 is 10.9 Å². The molecule has 6 nitrogen and oxygen atoms in total. The summed E-state index contributed by atoms with van der Waals surface area (Å²) in [5.74, 6) is -0.275. The fourth-order valence-corrected chi connectivity index (χ4v) is 2.04. The molecule has 0 bridgehead atoms. The van der Waals surface area contributed by atoms with Crippen molar-refractivity contribution in [3.8, 4) is 11.5 Å². The van der Waals surface area contributed by atoms with E-state index in [0.717, 1.165) is 0 Å². The van der Waals surface area contributed by atoms with Crippen molar-refractivity contribution in [1.29, 1.82) is 0 Å². The highest BCUT2D eigenvalue weighted by molar-refractivity contribution is 6.30. The maximum atomic E-state index is 11.9. The minimum atomic E-state index is -0.555. The lowest BCUT2D eigenvalue weighted by molar-refractivity contribution is -0.384. The highest BCUT2D eigenvalue weighted by atomic mass is 35.5. The van der Waals surface area contributed by atoms with E-state index in [1.165, 1.54) is 25.3 Å². The first-order chi connectivity index (χ1) is 10.5. The zero-order valence-electron chi connectivity index (χ0n) is 11.6. The summed E-state index contributed by atoms with van der Waals surface area (Å²) in [6.45, 7) is 0. The summed E-state index contributed by atoms with van der Waals surface area (Å²) < 4.78 is 10.2. The molecule has 0 N–H and O–H groups in total. The molecule has 2 aromatic carbocycles. The van der Waals surface area contributed by atoms with E-state index in [1.54, 1.807) is 24.3 Å². The Bertz CT molecular complexity index is 717. The number of benzene rings is 2. The minimum Gasteiger partial charge on any atom is -0.493 e. The Labute approximate surface area is 131 Å². The molecule has 7 heteroatoms. The fraction of sp³-hybridized carbons (Fsp3) is 0.133. The summed E-state index contributed by atoms with van der Waals surface area (Å²) in [4.78, 5) is 22.1. The third kappa shape index (κ3) is 3.95. The number of esters is 1. The average molecular weight is 322 g/mol. The number of rotatable bonds is 5. The molecule has 0 heterocycles. The van der Waals surface area contributed by atoms with Gasteiger partial charge in [-0.25, -0.2) is 0 Å². The second kappa shape index (κ2) is 6.91. The molecule has 0 radical (unpaired) electrons. The summed E-state index contributed by atoms with van der Waals surface area (Å²) in [5, 5.41) is 11.2. The lowest BCUT2D eigenvalue weighted by Crippen LogP contribution is -2.12. The first-order valence-corrected chi connectivity index (χ1v) is 6.65. The first kappa shape index (κ1) is 15.8. The van der Waals surface area contributed by atoms with E-state index in [4.69, 9.17) is 21.1 Å². The number of halogens is 1. The van der Waals surface area contributed by atoms with Gasteiger partial charge in [0.25, 0.3) is 5.69 Å². The van der Waals surface area contributed by atoms with Crippen molar-refractivity contribution in [3.05, 3.63) is 63.2 Å². The van der Waals surface area contributed by atoms with Crippen LogP contribution in [-0.4, -0.2) is 18.0 Å². The molecule has 0 saturated carbocycles. The van der Waals surface area contributed by atoms with Gasteiger partial charge in [0.1, 0.15) is 0 Å². The normalized spacial score (nSPS) is 10.1. The maximum Gasteiger partial charge on any atom is 0.315 e. The number of ether oxygens (including phenoxy) is 2. The summed E-state index contributed by atoms with van der Waals surface area (Å²) >= 11 is 5.85. The van der Waals surface area contributed by atoms with Gasteiger partial charge in [-0.05, 0) is 23.8 Å². The number of carbonyl (C=O) groups is 1. The fourth-order valence-electron chi connectivity index (χ4n) is 1.83. The smallest absolute Gasteiger partial charge is 0.315 e. The molecule has 0 saturated heterocycles. The number of nitrogens with zero attached hydrogens (tertiary/aromatic N) is 1. The van der Waals surface area contributed by atoms with Gasteiger partial charge in [0.15, 0.2) is 11.5 Å². The van der Waals surface area contributed by atoms with Gasteiger partial charge in [-0.15, -0.1) is 0 Å². The van der Waals surface area contributed by atoms with Gasteiger partial charge < -0.3 is 9.47 Å². The number of hydrogen-bond acceptors (Lipinski definition) is 5. The number of non-ortho nitro benzene ring substituents is 1. The lowest BCUT2D eigenvalue weighted by Gasteiger charge is -2.09. The first-order valence-electron chi connectivity index (χ1n) is 6.27. The Balaban J connectivity index is 2.12. The number of methoxy groups -OCH3 is 1. The Morgan fingerprint density at radius 3 is 2.64 bits per heavy atom. The molecule has 0 aliphatic rings. The summed E-state index contributed by atoms with van der Waals surface area (Å²) in [6.07, 6.45) is 0.0285. The van der Waals surface area contributed by atoms with Crippen LogP contribution in [0.4, 0.5) is 5.69 Å². The van der Waals surface area contributed by atoms with Gasteiger partial charge in [0.2, 0.25) is 0 Å². The molecule has 0 aromatic heterocycles. The third-order valence-corrected chi connectivity index (χ3v) is 3.05. The Kier molecular flexibility index (Phi) is 4.95. The number of nitro benzene ring substituents is 1. The van der Waals surface area contributed by atoms with Crippen molar-refractivity contribution in [2.45, 2.75) is 6.42 Å². The van der Waals surface area contributed by atoms with Crippen LogP contribution in [0.25, 0.3) is 0 Å². The standard InChI is InChI=1S/C15H12ClNO5/c1-21-14-9-12(17(19)20)5-6-13(14)22-15(18)8-10-3-2-4-11(16)7-10/h2-7,9H,8H2,1H3. The van der Waals surface area contributed by atoms with Crippen molar-refractivity contribution in [1.82, 2.24) is 0 Å². The van der Waals surface area contributed by atoms with Crippen molar-refractivity contribution in [3.63, 3.8) is 0 Å². The number of nitro groups is 1. The van der Waals surface area contributed by atoms with Crippen LogP contribution in [0.5, 0.6) is 11.5 Å². The van der Waals surface area contributed by atoms with Crippen LogP contribution in [0, 0.1) is 10.1 Å². The number of carbonyl (C=O) groups excluding carboxylic acids is 1. The molecular formula is C15H12ClNO5. The molecule has 114 valence electrons. The van der Waals surface area contributed by atoms with Gasteiger partial charge in [0, 0.05) is 11.1 Å². The molecule has 0 spiro atoms. The van der Waals surface area contributed by atoms with Gasteiger partial charge in [-0.3, -0.25) is 14.9 Å². The van der Waals surface area contributed by atoms with Crippen LogP contribution in [0.1, 0.15) is 5.56 Å². The zero-order chi connectivity index (χ0) is 16.1. The second-order valence-electron chi connectivity index (χ2n) is 4.37. The second-order valence-corrected chi connectivity index (χ2v) is 4.81. The van der Waals surface area contributed by atoms with Gasteiger partial charge >= 0.3 is 5.97 Å². The highest BCUT2D eigenvalue weighted by Gasteiger charge is 2.15. The molecule has 0 fully saturated rings. The van der Waals surface area contributed by atoms with Crippen LogP contribution in [0.15, 0.2) is 42.5 Å². The SMILES string of the molecule is COc1cc([N+](=O)[O-])ccc1OC(=O)Cc1cccc(Cl)c1. The van der Waals surface area contributed by atoms with Crippen molar-refractivity contribution >= 4 is 23.3 Å². The van der Waals surface area contributed by atoms with E-state index in [1.807, 2.05) is 0 Å². The zero-order valence-corrected chi connectivity index (χ0v) is 12.4. The lowest BCUT2D eigenvalue weighted by atomic mass is 10.1. The molecular weight excluding hydrogens is 310 g/mol. The molecule has 22 heavy (non-hydrogen) atoms. The van der Waals surface area contributed by atoms with Gasteiger partial charge in [-0.1, -0.05) is 23.7 Å². The minimum absolute atomic E-state index is 0.0285. The highest BCUT2D eigenvalue weighted by Crippen LogP contribution is 2.31. The van der Waals surface area contributed by atoms with E-state index >= 15 is 0 Å². The molecule has 0 amide bonds. The molecule has 0 aliphatic carbocycles. The van der Waals surface area contributed by atoms with Crippen molar-refractivity contribution < 1.29 is 19.2 Å². The van der Waals surface area contributed by atoms with Crippen LogP contribution < -0.4 is 9.47 Å². The predicted molar refractivity (Wildman–Crippen MR) is 80.4 cm³/mol. The van der Waals surface area contributed by atoms with Crippen molar-refractivity contribution in [2.75, 3.05) is 7.11 Å². The monoisotopic (exact) mass is 321 g/mol. The Morgan fingerprint density at radius 1 is 1.23 bits per heavy atom. The van der Waals surface area contributed by atoms with E-state index in [2.05, 4.69) is 0 Å². The largest absolute Gasteiger partial charge is 0.493 e. The Morgan fingerprint density at radius 2 is 2.00 bits per heavy atom. The average Bonchev–Trinajstić information content (AvgIpc) is 2.47. The number of hydrogen-bond donors (Lipinski definition) is 0. The van der Waals surface area contributed by atoms with E-state index in [-0.39, 0.29) is 23.6 Å². The van der Waals surface area contributed by atoms with Crippen LogP contribution in [0.3, 0.4) is 0 Å². The van der Waals surface area contributed by atoms with Crippen LogP contribution in [-0.2, 0) is 11.2 Å². The van der Waals surface area contributed by atoms with Gasteiger partial charge in [0.05, 0.1) is 24.5 Å². The molecule has 2 rings (SSSR count). The molecule has 0 aliphatic heterocycles. The van der Waals surface area contributed by atoms with E-state index in [0.29, 0.717) is 10.6 Å². The maximum absolute atomic E-state index is 11.9. The topological polar surface area (TPSA) is 78.7 Å². The summed E-state index contributed by atoms with van der Waals surface area (Å²) in [7, 11) is 1.34. The van der Waals surface area contributed by atoms with Crippen molar-refractivity contribution in [2.24, 2.45) is 0 Å². The predicted octanol–water partition coefficient (Wildman–Crippen LogP) is 3.40.